The maximum atomic E-state index is 5.79. The van der Waals surface area contributed by atoms with Crippen LogP contribution in [0, 0.1) is 0 Å². The molecule has 0 aliphatic heterocycles. The molecule has 0 aliphatic carbocycles. The average molecular weight is 181 g/mol. The van der Waals surface area contributed by atoms with Crippen LogP contribution in [-0.4, -0.2) is 23.2 Å². The van der Waals surface area contributed by atoms with E-state index in [-0.39, 0.29) is 6.04 Å². The third kappa shape index (κ3) is 3.48. The Morgan fingerprint density at radius 3 is 2.77 bits per heavy atom. The smallest absolute Gasteiger partial charge is 0.147 e. The standard InChI is InChI=1S/C9H15N3O/c1-2-6-13-7-8(10)9-11-4-3-5-12-9/h3-5,8H,2,6-7,10H2,1H3. The molecule has 0 aliphatic rings. The minimum Gasteiger partial charge on any atom is -0.379 e. The van der Waals surface area contributed by atoms with Crippen LogP contribution in [0.3, 0.4) is 0 Å². The summed E-state index contributed by atoms with van der Waals surface area (Å²) < 4.78 is 5.29. The first-order valence-corrected chi connectivity index (χ1v) is 4.44. The van der Waals surface area contributed by atoms with Crippen LogP contribution in [0.25, 0.3) is 0 Å². The quantitative estimate of drug-likeness (QED) is 0.686. The van der Waals surface area contributed by atoms with Crippen molar-refractivity contribution in [2.24, 2.45) is 5.73 Å². The molecule has 1 heterocycles. The van der Waals surface area contributed by atoms with E-state index in [1.807, 2.05) is 0 Å². The topological polar surface area (TPSA) is 61.0 Å². The van der Waals surface area contributed by atoms with E-state index in [9.17, 15) is 0 Å². The minimum absolute atomic E-state index is 0.215. The molecule has 4 nitrogen and oxygen atoms in total. The summed E-state index contributed by atoms with van der Waals surface area (Å²) in [5.74, 6) is 0.638. The zero-order valence-electron chi connectivity index (χ0n) is 7.81. The number of hydrogen-bond acceptors (Lipinski definition) is 4. The Balaban J connectivity index is 2.35. The highest BCUT2D eigenvalue weighted by Crippen LogP contribution is 2.02. The Labute approximate surface area is 78.1 Å². The Kier molecular flexibility index (Phi) is 4.35. The molecule has 1 unspecified atom stereocenters. The lowest BCUT2D eigenvalue weighted by Crippen LogP contribution is -2.19. The monoisotopic (exact) mass is 181 g/mol. The van der Waals surface area contributed by atoms with Crippen molar-refractivity contribution in [2.75, 3.05) is 13.2 Å². The fraction of sp³-hybridized carbons (Fsp3) is 0.556. The van der Waals surface area contributed by atoms with Crippen molar-refractivity contribution in [1.82, 2.24) is 9.97 Å². The number of hydrogen-bond donors (Lipinski definition) is 1. The summed E-state index contributed by atoms with van der Waals surface area (Å²) in [7, 11) is 0. The third-order valence-corrected chi connectivity index (χ3v) is 1.56. The molecule has 2 N–H and O–H groups in total. The Bertz CT molecular complexity index is 228. The van der Waals surface area contributed by atoms with Gasteiger partial charge in [0.2, 0.25) is 0 Å². The van der Waals surface area contributed by atoms with E-state index in [0.29, 0.717) is 12.4 Å². The van der Waals surface area contributed by atoms with Crippen LogP contribution < -0.4 is 5.73 Å². The number of rotatable bonds is 5. The van der Waals surface area contributed by atoms with Crippen LogP contribution >= 0.6 is 0 Å². The molecule has 4 heteroatoms. The highest BCUT2D eigenvalue weighted by molar-refractivity contribution is 4.94. The largest absolute Gasteiger partial charge is 0.379 e. The highest BCUT2D eigenvalue weighted by atomic mass is 16.5. The average Bonchev–Trinajstić information content (AvgIpc) is 2.19. The van der Waals surface area contributed by atoms with E-state index in [2.05, 4.69) is 16.9 Å². The molecule has 0 fully saturated rings. The van der Waals surface area contributed by atoms with Crippen LogP contribution in [0.4, 0.5) is 0 Å². The first kappa shape index (κ1) is 10.1. The number of ether oxygens (including phenoxy) is 1. The van der Waals surface area contributed by atoms with Crippen molar-refractivity contribution >= 4 is 0 Å². The SMILES string of the molecule is CCCOCC(N)c1ncccn1. The molecular weight excluding hydrogens is 166 g/mol. The van der Waals surface area contributed by atoms with Gasteiger partial charge in [-0.15, -0.1) is 0 Å². The molecule has 0 saturated carbocycles. The van der Waals surface area contributed by atoms with Crippen LogP contribution in [0.5, 0.6) is 0 Å². The van der Waals surface area contributed by atoms with Gasteiger partial charge in [-0.25, -0.2) is 9.97 Å². The zero-order chi connectivity index (χ0) is 9.52. The molecule has 13 heavy (non-hydrogen) atoms. The molecule has 1 aromatic rings. The van der Waals surface area contributed by atoms with Crippen molar-refractivity contribution in [3.63, 3.8) is 0 Å². The van der Waals surface area contributed by atoms with Crippen molar-refractivity contribution in [1.29, 1.82) is 0 Å². The molecule has 0 spiro atoms. The molecule has 0 bridgehead atoms. The van der Waals surface area contributed by atoms with E-state index < -0.39 is 0 Å². The van der Waals surface area contributed by atoms with Crippen LogP contribution in [-0.2, 0) is 4.74 Å². The number of nitrogens with two attached hydrogens (primary N) is 1. The summed E-state index contributed by atoms with van der Waals surface area (Å²) in [5, 5.41) is 0. The van der Waals surface area contributed by atoms with Crippen LogP contribution in [0.15, 0.2) is 18.5 Å². The van der Waals surface area contributed by atoms with Crippen LogP contribution in [0.2, 0.25) is 0 Å². The first-order chi connectivity index (χ1) is 6.34. The molecule has 0 radical (unpaired) electrons. The molecule has 72 valence electrons. The molecule has 1 rings (SSSR count). The van der Waals surface area contributed by atoms with Crippen molar-refractivity contribution in [3.8, 4) is 0 Å². The highest BCUT2D eigenvalue weighted by Gasteiger charge is 2.07. The maximum Gasteiger partial charge on any atom is 0.147 e. The summed E-state index contributed by atoms with van der Waals surface area (Å²) in [6.07, 6.45) is 4.37. The summed E-state index contributed by atoms with van der Waals surface area (Å²) in [5.41, 5.74) is 5.79. The Morgan fingerprint density at radius 2 is 2.15 bits per heavy atom. The lowest BCUT2D eigenvalue weighted by Gasteiger charge is -2.09. The first-order valence-electron chi connectivity index (χ1n) is 4.44. The molecule has 1 aromatic heterocycles. The molecule has 0 amide bonds. The predicted octanol–water partition coefficient (Wildman–Crippen LogP) is 0.903. The number of aromatic nitrogens is 2. The van der Waals surface area contributed by atoms with Gasteiger partial charge in [0, 0.05) is 19.0 Å². The third-order valence-electron chi connectivity index (χ3n) is 1.56. The van der Waals surface area contributed by atoms with Gasteiger partial charge in [-0.1, -0.05) is 6.92 Å². The van der Waals surface area contributed by atoms with Gasteiger partial charge in [0.1, 0.15) is 5.82 Å². The van der Waals surface area contributed by atoms with E-state index in [1.165, 1.54) is 0 Å². The summed E-state index contributed by atoms with van der Waals surface area (Å²) in [6.45, 7) is 3.28. The van der Waals surface area contributed by atoms with Gasteiger partial charge in [0.15, 0.2) is 0 Å². The predicted molar refractivity (Wildman–Crippen MR) is 50.1 cm³/mol. The van der Waals surface area contributed by atoms with Crippen molar-refractivity contribution in [2.45, 2.75) is 19.4 Å². The lowest BCUT2D eigenvalue weighted by atomic mass is 10.3. The normalized spacial score (nSPS) is 12.8. The lowest BCUT2D eigenvalue weighted by molar-refractivity contribution is 0.119. The summed E-state index contributed by atoms with van der Waals surface area (Å²) >= 11 is 0. The Hall–Kier alpha value is -1.00. The van der Waals surface area contributed by atoms with E-state index in [0.717, 1.165) is 13.0 Å². The zero-order valence-corrected chi connectivity index (χ0v) is 7.81. The Morgan fingerprint density at radius 1 is 1.46 bits per heavy atom. The fourth-order valence-corrected chi connectivity index (χ4v) is 0.931. The van der Waals surface area contributed by atoms with E-state index >= 15 is 0 Å². The van der Waals surface area contributed by atoms with Gasteiger partial charge in [-0.2, -0.15) is 0 Å². The molecular formula is C9H15N3O. The second-order valence-electron chi connectivity index (χ2n) is 2.79. The van der Waals surface area contributed by atoms with Gasteiger partial charge in [0.25, 0.3) is 0 Å². The number of nitrogens with zero attached hydrogens (tertiary/aromatic N) is 2. The summed E-state index contributed by atoms with van der Waals surface area (Å²) in [4.78, 5) is 8.08. The van der Waals surface area contributed by atoms with Gasteiger partial charge in [-0.3, -0.25) is 0 Å². The van der Waals surface area contributed by atoms with E-state index in [1.54, 1.807) is 18.5 Å². The minimum atomic E-state index is -0.215. The van der Waals surface area contributed by atoms with Gasteiger partial charge >= 0.3 is 0 Å². The molecule has 0 aromatic carbocycles. The molecule has 1 atom stereocenters. The fourth-order valence-electron chi connectivity index (χ4n) is 0.931. The van der Waals surface area contributed by atoms with Crippen molar-refractivity contribution < 1.29 is 4.74 Å². The van der Waals surface area contributed by atoms with Gasteiger partial charge in [0.05, 0.1) is 12.6 Å². The second kappa shape index (κ2) is 5.61. The molecule has 0 saturated heterocycles. The van der Waals surface area contributed by atoms with Crippen LogP contribution in [0.1, 0.15) is 25.2 Å². The van der Waals surface area contributed by atoms with E-state index in [4.69, 9.17) is 10.5 Å². The maximum absolute atomic E-state index is 5.79. The van der Waals surface area contributed by atoms with Gasteiger partial charge in [-0.05, 0) is 12.5 Å². The second-order valence-corrected chi connectivity index (χ2v) is 2.79. The summed E-state index contributed by atoms with van der Waals surface area (Å²) in [6, 6.07) is 1.55. The van der Waals surface area contributed by atoms with Gasteiger partial charge < -0.3 is 10.5 Å². The van der Waals surface area contributed by atoms with Crippen molar-refractivity contribution in [3.05, 3.63) is 24.3 Å².